The lowest BCUT2D eigenvalue weighted by atomic mass is 10.4. The van der Waals surface area contributed by atoms with Crippen molar-refractivity contribution in [2.24, 2.45) is 0 Å². The Morgan fingerprint density at radius 1 is 1.32 bits per heavy atom. The fourth-order valence-corrected chi connectivity index (χ4v) is 2.37. The second-order valence-corrected chi connectivity index (χ2v) is 4.99. The Morgan fingerprint density at radius 2 is 2.26 bits per heavy atom. The Morgan fingerprint density at radius 3 is 3.05 bits per heavy atom. The first kappa shape index (κ1) is 14.0. The van der Waals surface area contributed by atoms with Gasteiger partial charge in [0.25, 0.3) is 0 Å². The zero-order valence-electron chi connectivity index (χ0n) is 11.0. The second-order valence-electron chi connectivity index (χ2n) is 4.04. The number of tetrazole rings is 1. The molecule has 0 fully saturated rings. The van der Waals surface area contributed by atoms with Crippen molar-refractivity contribution in [3.8, 4) is 0 Å². The summed E-state index contributed by atoms with van der Waals surface area (Å²) in [5.74, 6) is 0.781. The van der Waals surface area contributed by atoms with Crippen molar-refractivity contribution in [3.63, 3.8) is 0 Å². The molecule has 0 spiro atoms. The highest BCUT2D eigenvalue weighted by molar-refractivity contribution is 7.98. The van der Waals surface area contributed by atoms with E-state index in [9.17, 15) is 0 Å². The van der Waals surface area contributed by atoms with E-state index in [0.717, 1.165) is 42.7 Å². The Labute approximate surface area is 117 Å². The first-order chi connectivity index (χ1) is 9.40. The average Bonchev–Trinajstić information content (AvgIpc) is 2.90. The van der Waals surface area contributed by atoms with Gasteiger partial charge < -0.3 is 5.32 Å². The molecule has 0 aliphatic rings. The van der Waals surface area contributed by atoms with Gasteiger partial charge in [-0.1, -0.05) is 24.8 Å². The summed E-state index contributed by atoms with van der Waals surface area (Å²) in [5.41, 5.74) is 1.03. The van der Waals surface area contributed by atoms with Crippen LogP contribution in [-0.4, -0.2) is 38.3 Å². The zero-order chi connectivity index (χ0) is 13.3. The molecule has 0 radical (unpaired) electrons. The van der Waals surface area contributed by atoms with Gasteiger partial charge in [0, 0.05) is 18.5 Å². The van der Waals surface area contributed by atoms with Gasteiger partial charge in [-0.15, -0.1) is 5.10 Å². The highest BCUT2D eigenvalue weighted by Crippen LogP contribution is 2.18. The monoisotopic (exact) mass is 278 g/mol. The third-order valence-corrected chi connectivity index (χ3v) is 3.49. The maximum Gasteiger partial charge on any atom is 0.209 e. The van der Waals surface area contributed by atoms with Crippen molar-refractivity contribution < 1.29 is 0 Å². The quantitative estimate of drug-likeness (QED) is 0.581. The molecular formula is C12H18N6S. The van der Waals surface area contributed by atoms with Crippen LogP contribution in [-0.2, 0) is 12.3 Å². The van der Waals surface area contributed by atoms with Crippen LogP contribution in [0.2, 0.25) is 0 Å². The maximum atomic E-state index is 4.28. The van der Waals surface area contributed by atoms with E-state index in [1.54, 1.807) is 18.0 Å². The largest absolute Gasteiger partial charge is 0.315 e. The molecule has 0 atom stereocenters. The van der Waals surface area contributed by atoms with Gasteiger partial charge in [-0.25, -0.2) is 4.68 Å². The fraction of sp³-hybridized carbons (Fsp3) is 0.500. The van der Waals surface area contributed by atoms with Crippen molar-refractivity contribution >= 4 is 11.8 Å². The van der Waals surface area contributed by atoms with Crippen molar-refractivity contribution in [2.45, 2.75) is 30.8 Å². The standard InChI is InChI=1S/C12H18N6S/c1-2-6-13-8-9-18-12(15-16-17-18)19-10-11-5-3-4-7-14-11/h3-5,7,13H,2,6,8-10H2,1H3. The molecule has 0 aliphatic carbocycles. The molecule has 102 valence electrons. The van der Waals surface area contributed by atoms with Crippen molar-refractivity contribution in [2.75, 3.05) is 13.1 Å². The molecule has 0 aliphatic heterocycles. The minimum Gasteiger partial charge on any atom is -0.315 e. The van der Waals surface area contributed by atoms with Crippen LogP contribution in [0.25, 0.3) is 0 Å². The average molecular weight is 278 g/mol. The van der Waals surface area contributed by atoms with Crippen LogP contribution in [0.1, 0.15) is 19.0 Å². The van der Waals surface area contributed by atoms with E-state index in [-0.39, 0.29) is 0 Å². The van der Waals surface area contributed by atoms with Gasteiger partial charge in [0.05, 0.1) is 12.2 Å². The van der Waals surface area contributed by atoms with Crippen LogP contribution in [0.4, 0.5) is 0 Å². The normalized spacial score (nSPS) is 10.8. The Bertz CT molecular complexity index is 472. The summed E-state index contributed by atoms with van der Waals surface area (Å²) in [7, 11) is 0. The molecule has 0 unspecified atom stereocenters. The molecule has 0 aromatic carbocycles. The number of pyridine rings is 1. The van der Waals surface area contributed by atoms with E-state index in [2.05, 4.69) is 32.7 Å². The minimum atomic E-state index is 0.781. The van der Waals surface area contributed by atoms with E-state index >= 15 is 0 Å². The summed E-state index contributed by atoms with van der Waals surface area (Å²) in [5, 5.41) is 15.9. The Kier molecular flexibility index (Phi) is 5.77. The van der Waals surface area contributed by atoms with Crippen LogP contribution >= 0.6 is 11.8 Å². The molecule has 0 amide bonds. The van der Waals surface area contributed by atoms with Gasteiger partial charge in [-0.05, 0) is 35.5 Å². The number of aromatic nitrogens is 5. The van der Waals surface area contributed by atoms with Gasteiger partial charge in [-0.3, -0.25) is 4.98 Å². The van der Waals surface area contributed by atoms with Crippen LogP contribution in [0.5, 0.6) is 0 Å². The van der Waals surface area contributed by atoms with Crippen LogP contribution in [0, 0.1) is 0 Å². The highest BCUT2D eigenvalue weighted by atomic mass is 32.2. The molecule has 1 N–H and O–H groups in total. The minimum absolute atomic E-state index is 0.781. The fourth-order valence-electron chi connectivity index (χ4n) is 1.55. The van der Waals surface area contributed by atoms with Crippen LogP contribution in [0.3, 0.4) is 0 Å². The molecule has 0 saturated heterocycles. The van der Waals surface area contributed by atoms with Gasteiger partial charge in [-0.2, -0.15) is 0 Å². The van der Waals surface area contributed by atoms with Gasteiger partial charge in [0.1, 0.15) is 0 Å². The molecule has 7 heteroatoms. The maximum absolute atomic E-state index is 4.28. The number of thioether (sulfide) groups is 1. The SMILES string of the molecule is CCCNCCn1nnnc1SCc1ccccn1. The van der Waals surface area contributed by atoms with Gasteiger partial charge in [0.2, 0.25) is 5.16 Å². The van der Waals surface area contributed by atoms with Gasteiger partial charge >= 0.3 is 0 Å². The Balaban J connectivity index is 1.82. The molecule has 19 heavy (non-hydrogen) atoms. The number of nitrogens with one attached hydrogen (secondary N) is 1. The summed E-state index contributed by atoms with van der Waals surface area (Å²) < 4.78 is 1.83. The molecule has 0 saturated carbocycles. The van der Waals surface area contributed by atoms with Crippen LogP contribution in [0.15, 0.2) is 29.6 Å². The van der Waals surface area contributed by atoms with Crippen molar-refractivity contribution in [1.82, 2.24) is 30.5 Å². The van der Waals surface area contributed by atoms with E-state index in [1.165, 1.54) is 0 Å². The predicted octanol–water partition coefficient (Wildman–Crippen LogP) is 1.36. The first-order valence-electron chi connectivity index (χ1n) is 6.39. The van der Waals surface area contributed by atoms with E-state index in [0.29, 0.717) is 0 Å². The number of hydrogen-bond donors (Lipinski definition) is 1. The van der Waals surface area contributed by atoms with Crippen molar-refractivity contribution in [3.05, 3.63) is 30.1 Å². The van der Waals surface area contributed by atoms with Gasteiger partial charge in [0.15, 0.2) is 0 Å². The second kappa shape index (κ2) is 7.85. The summed E-state index contributed by atoms with van der Waals surface area (Å²) in [6.07, 6.45) is 2.93. The highest BCUT2D eigenvalue weighted by Gasteiger charge is 2.06. The summed E-state index contributed by atoms with van der Waals surface area (Å²) >= 11 is 1.61. The summed E-state index contributed by atoms with van der Waals surface area (Å²) in [6, 6.07) is 5.90. The summed E-state index contributed by atoms with van der Waals surface area (Å²) in [4.78, 5) is 4.28. The lowest BCUT2D eigenvalue weighted by Crippen LogP contribution is -2.21. The number of rotatable bonds is 8. The number of nitrogens with zero attached hydrogens (tertiary/aromatic N) is 5. The smallest absolute Gasteiger partial charge is 0.209 e. The molecule has 2 heterocycles. The van der Waals surface area contributed by atoms with Crippen LogP contribution < -0.4 is 5.32 Å². The lowest BCUT2D eigenvalue weighted by molar-refractivity contribution is 0.510. The molecular weight excluding hydrogens is 260 g/mol. The zero-order valence-corrected chi connectivity index (χ0v) is 11.8. The molecule has 2 aromatic heterocycles. The third kappa shape index (κ3) is 4.60. The summed E-state index contributed by atoms with van der Waals surface area (Å²) in [6.45, 7) is 4.85. The topological polar surface area (TPSA) is 68.5 Å². The number of hydrogen-bond acceptors (Lipinski definition) is 6. The van der Waals surface area contributed by atoms with E-state index in [1.807, 2.05) is 22.9 Å². The molecule has 2 aromatic rings. The lowest BCUT2D eigenvalue weighted by Gasteiger charge is -2.05. The molecule has 2 rings (SSSR count). The predicted molar refractivity (Wildman–Crippen MR) is 74.8 cm³/mol. The van der Waals surface area contributed by atoms with E-state index in [4.69, 9.17) is 0 Å². The molecule has 6 nitrogen and oxygen atoms in total. The van der Waals surface area contributed by atoms with E-state index < -0.39 is 0 Å². The first-order valence-corrected chi connectivity index (χ1v) is 7.38. The molecule has 0 bridgehead atoms. The third-order valence-electron chi connectivity index (χ3n) is 2.50. The Hall–Kier alpha value is -1.47. The van der Waals surface area contributed by atoms with Crippen molar-refractivity contribution in [1.29, 1.82) is 0 Å².